The monoisotopic (exact) mass is 1160 g/mol. The van der Waals surface area contributed by atoms with Gasteiger partial charge in [-0.3, -0.25) is 0 Å². The second kappa shape index (κ2) is 54.1. The first kappa shape index (κ1) is 109. The molecule has 66 heavy (non-hydrogen) atoms. The van der Waals surface area contributed by atoms with Crippen LogP contribution in [-0.4, -0.2) is 112 Å². The summed E-state index contributed by atoms with van der Waals surface area (Å²) >= 11 is 0. The maximum atomic E-state index is 9.91. The number of aliphatic hydroxyl groups excluding tert-OH is 2. The molecule has 2 aromatic rings. The quantitative estimate of drug-likeness (QED) is 0.141. The fourth-order valence-electron chi connectivity index (χ4n) is 0.417. The number of aliphatic carboxylic acids is 6. The Hall–Kier alpha value is -3.46. The zero-order valence-electron chi connectivity index (χ0n) is 41.0. The topological polar surface area (TPSA) is 518 Å². The maximum absolute atomic E-state index is 9.91. The van der Waals surface area contributed by atoms with Gasteiger partial charge < -0.3 is 103 Å². The summed E-state index contributed by atoms with van der Waals surface area (Å²) in [6.45, 7) is 28.8. The van der Waals surface area contributed by atoms with E-state index in [4.69, 9.17) is 21.9 Å². The summed E-state index contributed by atoms with van der Waals surface area (Å²) in [5, 5.41) is 87.1. The van der Waals surface area contributed by atoms with Gasteiger partial charge in [0.05, 0.1) is 0 Å². The standard InChI is InChI=1S/6C5H10O2.2C2H4N4.2CH4O.4Cu.4H2O/c6*1-5(2,3)4(6)7;2*3-6-1-4-5-2-6;2*1-2;;;;;;;;/h6*1-3H3,(H,6,7);2*1-2H,3H2;2*2H,1H3;;;;;4*1H2/q;;;;;;;;;;4*+2;;;;/p-8. The molecule has 0 aliphatic rings. The molecule has 4 radical (unpaired) electrons. The van der Waals surface area contributed by atoms with Gasteiger partial charge in [-0.05, 0) is 0 Å². The maximum Gasteiger partial charge on any atom is 2.00 e. The van der Waals surface area contributed by atoms with E-state index >= 15 is 0 Å². The van der Waals surface area contributed by atoms with Gasteiger partial charge in [0, 0.05) is 82.5 Å². The van der Waals surface area contributed by atoms with Crippen LogP contribution in [0.2, 0.25) is 0 Å². The van der Waals surface area contributed by atoms with Gasteiger partial charge in [0.1, 0.15) is 25.3 Å². The second-order valence-corrected chi connectivity index (χ2v) is 17.0. The number of hydrogen-bond donors (Lipinski definition) is 4. The number of carboxylic acid groups (broad SMARTS) is 6. The SMILES string of the molecule is CC(C)(C)C(=O)[O-].CC(C)(C)C(=O)[O-].CC(C)(C)C(=O)[O-].CC(C)(C)C(=O)[O-].CC(C)(C)C(=O)[O-].CC(C)(C)C(=O)[O-].CO.CO.Nn1cnnc1.Nn1cnnc1.O.O.[Cu+2].[Cu+2].[Cu+2].[Cu+2].[OH-].[OH-]. The van der Waals surface area contributed by atoms with Crippen LogP contribution in [-0.2, 0) is 97.0 Å². The van der Waals surface area contributed by atoms with Crippen LogP contribution in [0.15, 0.2) is 25.3 Å². The first-order chi connectivity index (χ1) is 25.4. The summed E-state index contributed by atoms with van der Waals surface area (Å²) in [6, 6.07) is 0. The molecule has 0 aliphatic carbocycles. The Morgan fingerprint density at radius 2 is 0.409 bits per heavy atom. The van der Waals surface area contributed by atoms with Crippen LogP contribution >= 0.6 is 0 Å². The predicted octanol–water partition coefficient (Wildman–Crippen LogP) is -6.12. The molecule has 0 fully saturated rings. The van der Waals surface area contributed by atoms with Gasteiger partial charge in [0.25, 0.3) is 0 Å². The Morgan fingerprint density at radius 3 is 0.424 bits per heavy atom. The smallest absolute Gasteiger partial charge is 0.870 e. The summed E-state index contributed by atoms with van der Waals surface area (Å²) in [4.78, 5) is 59.5. The van der Waals surface area contributed by atoms with Crippen LogP contribution in [0.1, 0.15) is 125 Å². The Labute approximate surface area is 431 Å². The van der Waals surface area contributed by atoms with Crippen molar-refractivity contribution in [1.29, 1.82) is 0 Å². The van der Waals surface area contributed by atoms with Crippen LogP contribution in [0.3, 0.4) is 0 Å². The van der Waals surface area contributed by atoms with Crippen LogP contribution in [0.5, 0.6) is 0 Å². The van der Waals surface area contributed by atoms with Crippen molar-refractivity contribution in [3.63, 3.8) is 0 Å². The zero-order chi connectivity index (χ0) is 49.3. The third kappa shape index (κ3) is 99.1. The molecule has 0 spiro atoms. The fourth-order valence-corrected chi connectivity index (χ4v) is 0.417. The van der Waals surface area contributed by atoms with E-state index in [2.05, 4.69) is 20.4 Å². The molecule has 0 unspecified atom stereocenters. The van der Waals surface area contributed by atoms with E-state index < -0.39 is 68.3 Å². The summed E-state index contributed by atoms with van der Waals surface area (Å²) in [5.41, 5.74) is -4.17. The Bertz CT molecular complexity index is 1150. The number of aliphatic hydroxyl groups is 2. The molecule has 26 nitrogen and oxygen atoms in total. The van der Waals surface area contributed by atoms with Gasteiger partial charge in [0.2, 0.25) is 0 Å². The minimum Gasteiger partial charge on any atom is -0.870 e. The van der Waals surface area contributed by atoms with Gasteiger partial charge in [-0.15, -0.1) is 20.4 Å². The van der Waals surface area contributed by atoms with E-state index in [0.717, 1.165) is 14.2 Å². The van der Waals surface area contributed by atoms with Crippen molar-refractivity contribution in [3.8, 4) is 0 Å². The molecule has 0 saturated carbocycles. The normalized spacial score (nSPS) is 8.94. The van der Waals surface area contributed by atoms with Crippen molar-refractivity contribution in [2.75, 3.05) is 25.9 Å². The number of nitrogen functional groups attached to an aromatic ring is 2. The fraction of sp³-hybridized carbons (Fsp3) is 0.722. The van der Waals surface area contributed by atoms with Gasteiger partial charge in [-0.2, -0.15) is 0 Å². The number of hydrogen-bond acceptors (Lipinski definition) is 22. The van der Waals surface area contributed by atoms with Crippen LogP contribution in [0.4, 0.5) is 0 Å². The minimum absolute atomic E-state index is 0. The molecule has 0 aliphatic heterocycles. The Morgan fingerprint density at radius 1 is 0.348 bits per heavy atom. The zero-order valence-corrected chi connectivity index (χ0v) is 44.8. The molecular formula is C36H76Cu4N8O18. The number of carbonyl (C=O) groups excluding carboxylic acids is 6. The number of carboxylic acids is 6. The van der Waals surface area contributed by atoms with Crippen molar-refractivity contribution in [1.82, 2.24) is 29.7 Å². The third-order valence-corrected chi connectivity index (χ3v) is 4.55. The van der Waals surface area contributed by atoms with Crippen molar-refractivity contribution < 1.29 is 160 Å². The first-order valence-electron chi connectivity index (χ1n) is 16.8. The largest absolute Gasteiger partial charge is 2.00 e. The van der Waals surface area contributed by atoms with Gasteiger partial charge in [-0.25, -0.2) is 9.35 Å². The number of aromatic nitrogens is 6. The number of carbonyl (C=O) groups is 6. The van der Waals surface area contributed by atoms with Gasteiger partial charge in [0.15, 0.2) is 0 Å². The molecule has 2 aromatic heterocycles. The second-order valence-electron chi connectivity index (χ2n) is 17.0. The van der Waals surface area contributed by atoms with Crippen molar-refractivity contribution in [3.05, 3.63) is 25.3 Å². The summed E-state index contributed by atoms with van der Waals surface area (Å²) in [6.07, 6.45) is 5.67. The van der Waals surface area contributed by atoms with E-state index in [0.29, 0.717) is 0 Å². The molecule has 2 rings (SSSR count). The van der Waals surface area contributed by atoms with Crippen molar-refractivity contribution in [2.24, 2.45) is 32.5 Å². The molecule has 0 saturated heterocycles. The molecule has 0 atom stereocenters. The van der Waals surface area contributed by atoms with Gasteiger partial charge in [-0.1, -0.05) is 125 Å². The summed E-state index contributed by atoms with van der Waals surface area (Å²) < 4.78 is 2.56. The van der Waals surface area contributed by atoms with E-state index in [1.807, 2.05) is 0 Å². The molecule has 0 amide bonds. The average Bonchev–Trinajstić information content (AvgIpc) is 3.72. The molecule has 0 bridgehead atoms. The first-order valence-corrected chi connectivity index (χ1v) is 16.8. The number of rotatable bonds is 0. The summed E-state index contributed by atoms with van der Waals surface area (Å²) in [5.74, 6) is 4.10. The van der Waals surface area contributed by atoms with Crippen molar-refractivity contribution in [2.45, 2.75) is 125 Å². The van der Waals surface area contributed by atoms with E-state index in [9.17, 15) is 59.4 Å². The van der Waals surface area contributed by atoms with E-state index in [-0.39, 0.29) is 90.2 Å². The van der Waals surface area contributed by atoms with Gasteiger partial charge >= 0.3 is 68.3 Å². The molecule has 12 N–H and O–H groups in total. The molecular weight excluding hydrogens is 1090 g/mol. The summed E-state index contributed by atoms with van der Waals surface area (Å²) in [7, 11) is 2.00. The molecule has 412 valence electrons. The predicted molar refractivity (Wildman–Crippen MR) is 215 cm³/mol. The van der Waals surface area contributed by atoms with Crippen LogP contribution in [0.25, 0.3) is 0 Å². The third-order valence-electron chi connectivity index (χ3n) is 4.55. The van der Waals surface area contributed by atoms with Crippen LogP contribution in [0, 0.1) is 32.5 Å². The molecule has 30 heteroatoms. The Balaban J connectivity index is -0.0000000301. The van der Waals surface area contributed by atoms with E-state index in [1.54, 1.807) is 125 Å². The Kier molecular flexibility index (Phi) is 89.7. The van der Waals surface area contributed by atoms with E-state index in [1.165, 1.54) is 34.7 Å². The van der Waals surface area contributed by atoms with Crippen molar-refractivity contribution >= 4 is 35.8 Å². The molecule has 2 heterocycles. The molecule has 0 aromatic carbocycles. The minimum atomic E-state index is -1.01. The number of nitrogens with two attached hydrogens (primary N) is 2. The van der Waals surface area contributed by atoms with Crippen LogP contribution < -0.4 is 42.3 Å². The number of nitrogens with zero attached hydrogens (tertiary/aromatic N) is 6. The average molecular weight is 1160 g/mol.